The zero-order valence-corrected chi connectivity index (χ0v) is 31.3. The molecule has 0 bridgehead atoms. The molecule has 0 aromatic heterocycles. The van der Waals surface area contributed by atoms with Gasteiger partial charge < -0.3 is 49.6 Å². The van der Waals surface area contributed by atoms with Crippen molar-refractivity contribution in [1.82, 2.24) is 0 Å². The van der Waals surface area contributed by atoms with Gasteiger partial charge in [0.05, 0.1) is 0 Å². The van der Waals surface area contributed by atoms with Crippen LogP contribution >= 0.6 is 15.8 Å². The number of hydrogen-bond acceptors (Lipinski definition) is 0. The molecule has 6 aromatic rings. The first-order valence-corrected chi connectivity index (χ1v) is 15.5. The van der Waals surface area contributed by atoms with Gasteiger partial charge in [-0.1, -0.05) is 182 Å². The average Bonchev–Trinajstić information content (AvgIpc) is 3.01. The summed E-state index contributed by atoms with van der Waals surface area (Å²) in [4.78, 5) is 0. The van der Waals surface area contributed by atoms with Gasteiger partial charge in [0.25, 0.3) is 0 Å². The molecule has 0 fully saturated rings. The van der Waals surface area contributed by atoms with E-state index in [2.05, 4.69) is 182 Å². The fraction of sp³-hybridized carbons (Fsp3) is 0. The van der Waals surface area contributed by atoms with Gasteiger partial charge in [0.15, 0.2) is 0 Å². The van der Waals surface area contributed by atoms with E-state index in [1.165, 1.54) is 31.8 Å². The van der Waals surface area contributed by atoms with E-state index in [1.807, 2.05) is 0 Å². The minimum absolute atomic E-state index is 0. The second kappa shape index (κ2) is 24.8. The maximum absolute atomic E-state index is 2.23. The van der Waals surface area contributed by atoms with Crippen LogP contribution in [0.1, 0.15) is 0 Å². The SMILES string of the molecule is [Cl-].[Cl-].[Cl-].[Cl-].[Pd+2].[Pd+2].c1ccc(P(c2ccccc2)c2ccccc2)cc1.c1ccc(P(c2ccccc2)c2ccccc2)cc1. The molecule has 0 aliphatic rings. The summed E-state index contributed by atoms with van der Waals surface area (Å²) >= 11 is 0. The molecular weight excluding hydrogens is 849 g/mol. The Bertz CT molecular complexity index is 1200. The number of halogens is 4. The van der Waals surface area contributed by atoms with Crippen LogP contribution in [0, 0.1) is 0 Å². The van der Waals surface area contributed by atoms with Crippen LogP contribution in [0.3, 0.4) is 0 Å². The van der Waals surface area contributed by atoms with Gasteiger partial charge in [-0.15, -0.1) is 0 Å². The molecule has 232 valence electrons. The van der Waals surface area contributed by atoms with E-state index >= 15 is 0 Å². The van der Waals surface area contributed by atoms with Crippen molar-refractivity contribution in [3.63, 3.8) is 0 Å². The molecule has 0 saturated carbocycles. The second-order valence-electron chi connectivity index (χ2n) is 8.68. The van der Waals surface area contributed by atoms with Crippen molar-refractivity contribution in [3.8, 4) is 0 Å². The van der Waals surface area contributed by atoms with E-state index in [0.29, 0.717) is 0 Å². The van der Waals surface area contributed by atoms with Crippen molar-refractivity contribution in [1.29, 1.82) is 0 Å². The first-order chi connectivity index (χ1) is 18.9. The molecular formula is C36H30Cl4P2Pd2. The van der Waals surface area contributed by atoms with Crippen molar-refractivity contribution >= 4 is 47.7 Å². The summed E-state index contributed by atoms with van der Waals surface area (Å²) in [5.74, 6) is 0. The monoisotopic (exact) mass is 876 g/mol. The first kappa shape index (κ1) is 44.8. The van der Waals surface area contributed by atoms with Crippen LogP contribution in [-0.4, -0.2) is 0 Å². The van der Waals surface area contributed by atoms with Crippen LogP contribution < -0.4 is 81.5 Å². The normalized spacial score (nSPS) is 9.14. The van der Waals surface area contributed by atoms with Crippen molar-refractivity contribution < 1.29 is 90.5 Å². The molecule has 0 heterocycles. The fourth-order valence-electron chi connectivity index (χ4n) is 4.36. The molecule has 0 spiro atoms. The summed E-state index contributed by atoms with van der Waals surface area (Å²) in [6.45, 7) is 0. The Morgan fingerprint density at radius 3 is 0.432 bits per heavy atom. The molecule has 0 nitrogen and oxygen atoms in total. The Kier molecular flexibility index (Phi) is 25.3. The quantitative estimate of drug-likeness (QED) is 0.116. The van der Waals surface area contributed by atoms with Gasteiger partial charge in [0.1, 0.15) is 0 Å². The van der Waals surface area contributed by atoms with E-state index in [1.54, 1.807) is 0 Å². The standard InChI is InChI=1S/2C18H15P.4ClH.2Pd/c2*1-4-10-16(11-5-1)19(17-12-6-2-7-13-17)18-14-8-3-9-15-18;;;;;;/h2*1-15H;4*1H;;/q;;;;;;2*+2/p-4. The molecule has 0 radical (unpaired) electrons. The van der Waals surface area contributed by atoms with Gasteiger partial charge in [-0.25, -0.2) is 0 Å². The summed E-state index contributed by atoms with van der Waals surface area (Å²) in [7, 11) is -0.892. The van der Waals surface area contributed by atoms with E-state index in [-0.39, 0.29) is 90.5 Å². The summed E-state index contributed by atoms with van der Waals surface area (Å²) in [5.41, 5.74) is 0. The molecule has 0 unspecified atom stereocenters. The minimum Gasteiger partial charge on any atom is -1.00 e. The predicted molar refractivity (Wildman–Crippen MR) is 170 cm³/mol. The zero-order chi connectivity index (χ0) is 25.8. The van der Waals surface area contributed by atoms with Crippen molar-refractivity contribution in [2.24, 2.45) is 0 Å². The Morgan fingerprint density at radius 1 is 0.205 bits per heavy atom. The minimum atomic E-state index is -0.446. The molecule has 8 heteroatoms. The largest absolute Gasteiger partial charge is 2.00 e. The third-order valence-electron chi connectivity index (χ3n) is 6.09. The molecule has 44 heavy (non-hydrogen) atoms. The average molecular weight is 879 g/mol. The van der Waals surface area contributed by atoms with Crippen LogP contribution in [0.5, 0.6) is 0 Å². The Hall–Kier alpha value is -1.34. The number of hydrogen-bond donors (Lipinski definition) is 0. The molecule has 6 aromatic carbocycles. The van der Waals surface area contributed by atoms with Gasteiger partial charge in [-0.3, -0.25) is 0 Å². The van der Waals surface area contributed by atoms with Crippen LogP contribution in [0.15, 0.2) is 182 Å². The molecule has 0 aliphatic heterocycles. The van der Waals surface area contributed by atoms with Crippen LogP contribution in [0.4, 0.5) is 0 Å². The second-order valence-corrected chi connectivity index (χ2v) is 13.1. The Labute approximate surface area is 317 Å². The third-order valence-corrected chi connectivity index (χ3v) is 11.0. The van der Waals surface area contributed by atoms with Crippen LogP contribution in [0.25, 0.3) is 0 Å². The molecule has 0 N–H and O–H groups in total. The first-order valence-electron chi connectivity index (χ1n) is 12.8. The van der Waals surface area contributed by atoms with Crippen molar-refractivity contribution in [3.05, 3.63) is 182 Å². The maximum Gasteiger partial charge on any atom is 2.00 e. The van der Waals surface area contributed by atoms with Gasteiger partial charge in [0, 0.05) is 0 Å². The molecule has 6 rings (SSSR count). The van der Waals surface area contributed by atoms with Gasteiger partial charge >= 0.3 is 40.8 Å². The Balaban J connectivity index is 0. The van der Waals surface area contributed by atoms with E-state index in [0.717, 1.165) is 0 Å². The molecule has 0 atom stereocenters. The number of rotatable bonds is 6. The zero-order valence-electron chi connectivity index (χ0n) is 23.4. The summed E-state index contributed by atoms with van der Waals surface area (Å²) < 4.78 is 0. The van der Waals surface area contributed by atoms with Crippen molar-refractivity contribution in [2.75, 3.05) is 0 Å². The molecule has 0 aliphatic carbocycles. The topological polar surface area (TPSA) is 0 Å². The maximum atomic E-state index is 2.23. The summed E-state index contributed by atoms with van der Waals surface area (Å²) in [6.07, 6.45) is 0. The summed E-state index contributed by atoms with van der Waals surface area (Å²) in [6, 6.07) is 64.7. The van der Waals surface area contributed by atoms with Crippen LogP contribution in [0.2, 0.25) is 0 Å². The number of benzene rings is 6. The molecule has 0 saturated heterocycles. The van der Waals surface area contributed by atoms with Gasteiger partial charge in [0.2, 0.25) is 0 Å². The predicted octanol–water partition coefficient (Wildman–Crippen LogP) is -5.10. The van der Waals surface area contributed by atoms with Gasteiger partial charge in [-0.2, -0.15) is 0 Å². The van der Waals surface area contributed by atoms with Crippen LogP contribution in [-0.2, 0) is 40.8 Å². The van der Waals surface area contributed by atoms with Crippen molar-refractivity contribution in [2.45, 2.75) is 0 Å². The summed E-state index contributed by atoms with van der Waals surface area (Å²) in [5, 5.41) is 8.39. The van der Waals surface area contributed by atoms with E-state index < -0.39 is 15.8 Å². The smallest absolute Gasteiger partial charge is 1.00 e. The fourth-order valence-corrected chi connectivity index (χ4v) is 8.97. The molecule has 0 amide bonds. The third kappa shape index (κ3) is 12.8. The Morgan fingerprint density at radius 2 is 0.318 bits per heavy atom. The van der Waals surface area contributed by atoms with E-state index in [9.17, 15) is 0 Å². The van der Waals surface area contributed by atoms with Gasteiger partial charge in [-0.05, 0) is 47.7 Å². The van der Waals surface area contributed by atoms with E-state index in [4.69, 9.17) is 0 Å².